The minimum absolute atomic E-state index is 0.107. The third-order valence-corrected chi connectivity index (χ3v) is 6.40. The van der Waals surface area contributed by atoms with E-state index in [9.17, 15) is 4.79 Å². The minimum atomic E-state index is -0.352. The van der Waals surface area contributed by atoms with Gasteiger partial charge in [0.1, 0.15) is 0 Å². The van der Waals surface area contributed by atoms with Crippen LogP contribution in [-0.2, 0) is 18.8 Å². The Morgan fingerprint density at radius 1 is 1.11 bits per heavy atom. The molecule has 2 aliphatic rings. The van der Waals surface area contributed by atoms with E-state index in [2.05, 4.69) is 52.8 Å². The highest BCUT2D eigenvalue weighted by molar-refractivity contribution is 6.45. The van der Waals surface area contributed by atoms with E-state index in [1.807, 2.05) is 25.1 Å². The Kier molecular flexibility index (Phi) is 5.80. The van der Waals surface area contributed by atoms with Crippen molar-refractivity contribution in [1.82, 2.24) is 0 Å². The first-order chi connectivity index (χ1) is 13.1. The van der Waals surface area contributed by atoms with Gasteiger partial charge in [0.15, 0.2) is 0 Å². The van der Waals surface area contributed by atoms with Crippen LogP contribution in [-0.4, -0.2) is 30.9 Å². The van der Waals surface area contributed by atoms with Gasteiger partial charge in [-0.05, 0) is 70.3 Å². The standard InChI is InChI=1S/C23H33BO4/c1-7-26-20(25)19-13-18(17-11-9-8-10-12-17)14-23(6,15-19)16-24-27-21(2,3)22(4,5)28-24/h8-12,14,19H,7,13,15-16H2,1-6H3/t19?,23-/m0/s1. The highest BCUT2D eigenvalue weighted by atomic mass is 16.7. The fourth-order valence-electron chi connectivity index (χ4n) is 4.29. The largest absolute Gasteiger partial charge is 0.466 e. The zero-order valence-corrected chi connectivity index (χ0v) is 18.1. The second kappa shape index (κ2) is 7.68. The maximum Gasteiger partial charge on any atom is 0.458 e. The zero-order valence-electron chi connectivity index (χ0n) is 18.1. The molecule has 1 heterocycles. The normalized spacial score (nSPS) is 28.7. The Balaban J connectivity index is 1.87. The number of carbonyl (C=O) groups excluding carboxylic acids is 1. The summed E-state index contributed by atoms with van der Waals surface area (Å²) in [6, 6.07) is 10.3. The van der Waals surface area contributed by atoms with Crippen LogP contribution in [0.4, 0.5) is 0 Å². The molecule has 1 aliphatic heterocycles. The number of ether oxygens (including phenoxy) is 1. The molecule has 2 atom stereocenters. The highest BCUT2D eigenvalue weighted by Crippen LogP contribution is 2.47. The van der Waals surface area contributed by atoms with Crippen molar-refractivity contribution in [3.8, 4) is 0 Å². The molecule has 0 spiro atoms. The van der Waals surface area contributed by atoms with Crippen molar-refractivity contribution in [2.45, 2.75) is 71.9 Å². The number of carbonyl (C=O) groups is 1. The van der Waals surface area contributed by atoms with Gasteiger partial charge >= 0.3 is 13.1 Å². The first-order valence-corrected chi connectivity index (χ1v) is 10.3. The summed E-state index contributed by atoms with van der Waals surface area (Å²) in [7, 11) is -0.288. The number of allylic oxidation sites excluding steroid dienone is 2. The molecule has 0 amide bonds. The molecule has 1 aliphatic carbocycles. The van der Waals surface area contributed by atoms with Crippen LogP contribution < -0.4 is 0 Å². The Labute approximate surface area is 169 Å². The van der Waals surface area contributed by atoms with Gasteiger partial charge in [-0.1, -0.05) is 43.3 Å². The fraction of sp³-hybridized carbons (Fsp3) is 0.609. The van der Waals surface area contributed by atoms with E-state index in [1.54, 1.807) is 0 Å². The van der Waals surface area contributed by atoms with Crippen LogP contribution in [0.1, 0.15) is 59.9 Å². The summed E-state index contributed by atoms with van der Waals surface area (Å²) in [6.45, 7) is 12.8. The molecule has 5 heteroatoms. The van der Waals surface area contributed by atoms with Crippen molar-refractivity contribution in [3.05, 3.63) is 42.0 Å². The molecule has 1 fully saturated rings. The summed E-state index contributed by atoms with van der Waals surface area (Å²) in [5.74, 6) is -0.253. The van der Waals surface area contributed by atoms with Crippen LogP contribution in [0, 0.1) is 11.3 Å². The Bertz CT molecular complexity index is 724. The quantitative estimate of drug-likeness (QED) is 0.521. The van der Waals surface area contributed by atoms with Crippen molar-refractivity contribution in [2.24, 2.45) is 11.3 Å². The lowest BCUT2D eigenvalue weighted by atomic mass is 9.61. The first-order valence-electron chi connectivity index (χ1n) is 10.3. The fourth-order valence-corrected chi connectivity index (χ4v) is 4.29. The van der Waals surface area contributed by atoms with Gasteiger partial charge in [0.05, 0.1) is 23.7 Å². The third kappa shape index (κ3) is 4.36. The maximum atomic E-state index is 12.6. The van der Waals surface area contributed by atoms with Crippen molar-refractivity contribution < 1.29 is 18.8 Å². The van der Waals surface area contributed by atoms with Gasteiger partial charge in [-0.15, -0.1) is 0 Å². The first kappa shape index (κ1) is 21.1. The predicted octanol–water partition coefficient (Wildman–Crippen LogP) is 5.14. The van der Waals surface area contributed by atoms with E-state index >= 15 is 0 Å². The van der Waals surface area contributed by atoms with E-state index < -0.39 is 0 Å². The van der Waals surface area contributed by atoms with Gasteiger partial charge in [0.2, 0.25) is 0 Å². The van der Waals surface area contributed by atoms with Gasteiger partial charge in [-0.25, -0.2) is 0 Å². The van der Waals surface area contributed by atoms with Crippen molar-refractivity contribution in [3.63, 3.8) is 0 Å². The molecule has 0 saturated carbocycles. The molecule has 152 valence electrons. The number of benzene rings is 1. The summed E-state index contributed by atoms with van der Waals surface area (Å²) in [4.78, 5) is 12.6. The summed E-state index contributed by atoms with van der Waals surface area (Å²) in [5.41, 5.74) is 1.45. The van der Waals surface area contributed by atoms with Gasteiger partial charge < -0.3 is 14.0 Å². The maximum absolute atomic E-state index is 12.6. The summed E-state index contributed by atoms with van der Waals surface area (Å²) >= 11 is 0. The van der Waals surface area contributed by atoms with Gasteiger partial charge in [-0.2, -0.15) is 0 Å². The van der Waals surface area contributed by atoms with Crippen LogP contribution >= 0.6 is 0 Å². The molecule has 1 saturated heterocycles. The van der Waals surface area contributed by atoms with Gasteiger partial charge in [0.25, 0.3) is 0 Å². The zero-order chi connectivity index (χ0) is 20.6. The smallest absolute Gasteiger partial charge is 0.458 e. The Morgan fingerprint density at radius 2 is 1.71 bits per heavy atom. The third-order valence-electron chi connectivity index (χ3n) is 6.40. The summed E-state index contributed by atoms with van der Waals surface area (Å²) < 4.78 is 17.9. The average molecular weight is 384 g/mol. The molecule has 3 rings (SSSR count). The summed E-state index contributed by atoms with van der Waals surface area (Å²) in [5, 5.41) is 0. The molecule has 1 aromatic rings. The predicted molar refractivity (Wildman–Crippen MR) is 113 cm³/mol. The van der Waals surface area contributed by atoms with E-state index in [-0.39, 0.29) is 35.6 Å². The van der Waals surface area contributed by atoms with Crippen molar-refractivity contribution >= 4 is 18.7 Å². The van der Waals surface area contributed by atoms with Crippen LogP contribution in [0.3, 0.4) is 0 Å². The highest BCUT2D eigenvalue weighted by Gasteiger charge is 2.53. The van der Waals surface area contributed by atoms with Gasteiger partial charge in [0, 0.05) is 0 Å². The van der Waals surface area contributed by atoms with E-state index in [0.717, 1.165) is 12.0 Å². The molecule has 0 aromatic heterocycles. The molecule has 28 heavy (non-hydrogen) atoms. The molecule has 0 radical (unpaired) electrons. The lowest BCUT2D eigenvalue weighted by molar-refractivity contribution is -0.148. The van der Waals surface area contributed by atoms with Crippen LogP contribution in [0.2, 0.25) is 6.32 Å². The molecule has 4 nitrogen and oxygen atoms in total. The summed E-state index contributed by atoms with van der Waals surface area (Å²) in [6.07, 6.45) is 4.49. The SMILES string of the molecule is CCOC(=O)C1CC(c2ccccc2)=C[C@](C)(CB2OC(C)(C)C(C)(C)O2)C1. The lowest BCUT2D eigenvalue weighted by Crippen LogP contribution is -2.41. The van der Waals surface area contributed by atoms with Crippen LogP contribution in [0.5, 0.6) is 0 Å². The number of rotatable bonds is 5. The minimum Gasteiger partial charge on any atom is -0.466 e. The number of esters is 1. The number of hydrogen-bond acceptors (Lipinski definition) is 4. The molecule has 1 unspecified atom stereocenters. The monoisotopic (exact) mass is 384 g/mol. The Hall–Kier alpha value is -1.59. The molecular weight excluding hydrogens is 351 g/mol. The topological polar surface area (TPSA) is 44.8 Å². The molecule has 0 bridgehead atoms. The number of hydrogen-bond donors (Lipinski definition) is 0. The van der Waals surface area contributed by atoms with Gasteiger partial charge in [-0.3, -0.25) is 4.79 Å². The average Bonchev–Trinajstić information content (AvgIpc) is 2.81. The Morgan fingerprint density at radius 3 is 2.29 bits per heavy atom. The van der Waals surface area contributed by atoms with E-state index in [1.165, 1.54) is 5.57 Å². The molecule has 1 aromatic carbocycles. The van der Waals surface area contributed by atoms with Crippen molar-refractivity contribution in [1.29, 1.82) is 0 Å². The van der Waals surface area contributed by atoms with Crippen LogP contribution in [0.15, 0.2) is 36.4 Å². The van der Waals surface area contributed by atoms with E-state index in [4.69, 9.17) is 14.0 Å². The van der Waals surface area contributed by atoms with Crippen LogP contribution in [0.25, 0.3) is 5.57 Å². The second-order valence-electron chi connectivity index (χ2n) is 9.44. The second-order valence-corrected chi connectivity index (χ2v) is 9.44. The molecule has 0 N–H and O–H groups in total. The lowest BCUT2D eigenvalue weighted by Gasteiger charge is -2.36. The molecular formula is C23H33BO4. The van der Waals surface area contributed by atoms with E-state index in [0.29, 0.717) is 19.3 Å². The van der Waals surface area contributed by atoms with Crippen molar-refractivity contribution in [2.75, 3.05) is 6.61 Å².